The highest BCUT2D eigenvalue weighted by Gasteiger charge is 2.28. The van der Waals surface area contributed by atoms with Gasteiger partial charge in [-0.1, -0.05) is 6.92 Å². The summed E-state index contributed by atoms with van der Waals surface area (Å²) in [4.78, 5) is 8.95. The third-order valence-corrected chi connectivity index (χ3v) is 3.93. The van der Waals surface area contributed by atoms with Crippen molar-refractivity contribution in [1.82, 2.24) is 14.5 Å². The molecule has 0 aromatic carbocycles. The summed E-state index contributed by atoms with van der Waals surface area (Å²) >= 11 is 0. The van der Waals surface area contributed by atoms with Gasteiger partial charge in [-0.3, -0.25) is 4.57 Å². The molecule has 0 spiro atoms. The lowest BCUT2D eigenvalue weighted by Crippen LogP contribution is -2.21. The molecule has 0 radical (unpaired) electrons. The van der Waals surface area contributed by atoms with E-state index in [2.05, 4.69) is 16.9 Å². The van der Waals surface area contributed by atoms with Gasteiger partial charge >= 0.3 is 0 Å². The van der Waals surface area contributed by atoms with Crippen LogP contribution in [-0.2, 0) is 11.3 Å². The summed E-state index contributed by atoms with van der Waals surface area (Å²) in [6.45, 7) is 5.85. The number of aryl methyl sites for hydroxylation is 1. The number of fused-ring (bicyclic) bond motifs is 1. The molecule has 0 aliphatic carbocycles. The average Bonchev–Trinajstić information content (AvgIpc) is 2.96. The van der Waals surface area contributed by atoms with Crippen molar-refractivity contribution >= 4 is 17.1 Å². The Hall–Kier alpha value is -1.62. The molecular weight excluding hydrogens is 240 g/mol. The third-order valence-electron chi connectivity index (χ3n) is 3.93. The summed E-state index contributed by atoms with van der Waals surface area (Å²) in [6.07, 6.45) is 2.47. The number of rotatable bonds is 3. The highest BCUT2D eigenvalue weighted by molar-refractivity contribution is 5.74. The molecule has 1 aliphatic rings. The predicted octanol–water partition coefficient (Wildman–Crippen LogP) is 2.14. The van der Waals surface area contributed by atoms with E-state index >= 15 is 0 Å². The number of nitrogens with two attached hydrogens (primary N) is 1. The molecule has 5 heteroatoms. The molecule has 2 aromatic heterocycles. The lowest BCUT2D eigenvalue weighted by molar-refractivity contribution is 0.0839. The molecule has 2 aromatic rings. The van der Waals surface area contributed by atoms with Gasteiger partial charge in [-0.15, -0.1) is 0 Å². The molecule has 2 atom stereocenters. The monoisotopic (exact) mass is 260 g/mol. The molecule has 5 nitrogen and oxygen atoms in total. The Morgan fingerprint density at radius 1 is 1.42 bits per heavy atom. The molecule has 3 rings (SSSR count). The van der Waals surface area contributed by atoms with Crippen LogP contribution in [0.2, 0.25) is 0 Å². The Balaban J connectivity index is 1.95. The van der Waals surface area contributed by atoms with E-state index in [9.17, 15) is 0 Å². The molecule has 0 saturated carbocycles. The van der Waals surface area contributed by atoms with Gasteiger partial charge in [0.2, 0.25) is 5.95 Å². The van der Waals surface area contributed by atoms with Crippen molar-refractivity contribution in [2.75, 3.05) is 12.3 Å². The molecule has 19 heavy (non-hydrogen) atoms. The van der Waals surface area contributed by atoms with Crippen LogP contribution in [0.5, 0.6) is 0 Å². The fourth-order valence-electron chi connectivity index (χ4n) is 2.88. The van der Waals surface area contributed by atoms with Gasteiger partial charge < -0.3 is 10.5 Å². The lowest BCUT2D eigenvalue weighted by atomic mass is 9.99. The average molecular weight is 260 g/mol. The number of aromatic nitrogens is 3. The van der Waals surface area contributed by atoms with Crippen LogP contribution in [0, 0.1) is 12.8 Å². The lowest BCUT2D eigenvalue weighted by Gasteiger charge is -2.18. The summed E-state index contributed by atoms with van der Waals surface area (Å²) in [7, 11) is 0. The zero-order valence-corrected chi connectivity index (χ0v) is 11.5. The van der Waals surface area contributed by atoms with Gasteiger partial charge in [0, 0.05) is 24.8 Å². The van der Waals surface area contributed by atoms with Gasteiger partial charge in [0.15, 0.2) is 5.65 Å². The van der Waals surface area contributed by atoms with E-state index in [-0.39, 0.29) is 0 Å². The van der Waals surface area contributed by atoms with Crippen molar-refractivity contribution in [1.29, 1.82) is 0 Å². The molecule has 1 saturated heterocycles. The van der Waals surface area contributed by atoms with Crippen LogP contribution in [0.25, 0.3) is 11.2 Å². The highest BCUT2D eigenvalue weighted by Crippen LogP contribution is 2.27. The zero-order chi connectivity index (χ0) is 13.4. The van der Waals surface area contributed by atoms with Crippen LogP contribution >= 0.6 is 0 Å². The first-order valence-electron chi connectivity index (χ1n) is 6.90. The van der Waals surface area contributed by atoms with Crippen molar-refractivity contribution in [3.63, 3.8) is 0 Å². The Kier molecular flexibility index (Phi) is 3.14. The SMILES string of the molecule is CCC1OCCC1Cn1c(N)nc2ccc(C)nc21. The Morgan fingerprint density at radius 3 is 3.05 bits per heavy atom. The second-order valence-electron chi connectivity index (χ2n) is 5.24. The smallest absolute Gasteiger partial charge is 0.202 e. The van der Waals surface area contributed by atoms with Crippen LogP contribution < -0.4 is 5.73 Å². The van der Waals surface area contributed by atoms with E-state index < -0.39 is 0 Å². The molecule has 2 unspecified atom stereocenters. The van der Waals surface area contributed by atoms with E-state index in [1.165, 1.54) is 0 Å². The highest BCUT2D eigenvalue weighted by atomic mass is 16.5. The minimum atomic E-state index is 0.335. The van der Waals surface area contributed by atoms with Crippen LogP contribution in [0.1, 0.15) is 25.5 Å². The summed E-state index contributed by atoms with van der Waals surface area (Å²) in [5.41, 5.74) is 8.79. The number of nitrogens with zero attached hydrogens (tertiary/aromatic N) is 3. The van der Waals surface area contributed by atoms with Crippen LogP contribution in [0.3, 0.4) is 0 Å². The molecule has 0 amide bonds. The maximum atomic E-state index is 6.04. The van der Waals surface area contributed by atoms with E-state index in [0.717, 1.165) is 42.9 Å². The fraction of sp³-hybridized carbons (Fsp3) is 0.571. The van der Waals surface area contributed by atoms with Gasteiger partial charge in [-0.2, -0.15) is 0 Å². The summed E-state index contributed by atoms with van der Waals surface area (Å²) < 4.78 is 7.78. The Morgan fingerprint density at radius 2 is 2.26 bits per heavy atom. The summed E-state index contributed by atoms with van der Waals surface area (Å²) in [5.74, 6) is 1.06. The number of hydrogen-bond donors (Lipinski definition) is 1. The minimum absolute atomic E-state index is 0.335. The predicted molar refractivity (Wildman–Crippen MR) is 74.8 cm³/mol. The van der Waals surface area contributed by atoms with Crippen molar-refractivity contribution in [3.05, 3.63) is 17.8 Å². The van der Waals surface area contributed by atoms with Gasteiger partial charge in [-0.05, 0) is 31.9 Å². The van der Waals surface area contributed by atoms with Crippen LogP contribution in [0.4, 0.5) is 5.95 Å². The van der Waals surface area contributed by atoms with Crippen molar-refractivity contribution in [2.24, 2.45) is 5.92 Å². The largest absolute Gasteiger partial charge is 0.378 e. The van der Waals surface area contributed by atoms with Gasteiger partial charge in [0.1, 0.15) is 5.52 Å². The summed E-state index contributed by atoms with van der Waals surface area (Å²) in [5, 5.41) is 0. The van der Waals surface area contributed by atoms with E-state index in [1.807, 2.05) is 23.6 Å². The molecule has 3 heterocycles. The number of hydrogen-bond acceptors (Lipinski definition) is 4. The first-order valence-corrected chi connectivity index (χ1v) is 6.90. The molecule has 102 valence electrons. The van der Waals surface area contributed by atoms with Gasteiger partial charge in [0.25, 0.3) is 0 Å². The van der Waals surface area contributed by atoms with E-state index in [1.54, 1.807) is 0 Å². The number of imidazole rings is 1. The molecule has 1 aliphatic heterocycles. The van der Waals surface area contributed by atoms with Crippen LogP contribution in [0.15, 0.2) is 12.1 Å². The second-order valence-corrected chi connectivity index (χ2v) is 5.24. The fourth-order valence-corrected chi connectivity index (χ4v) is 2.88. The number of anilines is 1. The van der Waals surface area contributed by atoms with Crippen molar-refractivity contribution < 1.29 is 4.74 Å². The maximum absolute atomic E-state index is 6.04. The molecule has 1 fully saturated rings. The van der Waals surface area contributed by atoms with E-state index in [0.29, 0.717) is 18.0 Å². The maximum Gasteiger partial charge on any atom is 0.202 e. The molecule has 0 bridgehead atoms. The second kappa shape index (κ2) is 4.81. The minimum Gasteiger partial charge on any atom is -0.378 e. The van der Waals surface area contributed by atoms with Crippen molar-refractivity contribution in [2.45, 2.75) is 39.3 Å². The molecule has 2 N–H and O–H groups in total. The number of nitrogen functional groups attached to an aromatic ring is 1. The topological polar surface area (TPSA) is 66.0 Å². The zero-order valence-electron chi connectivity index (χ0n) is 11.5. The first kappa shape index (κ1) is 12.4. The standard InChI is InChI=1S/C14H20N4O/c1-3-12-10(6-7-19-12)8-18-13-11(17-14(18)15)5-4-9(2)16-13/h4-5,10,12H,3,6-8H2,1-2H3,(H2,15,17). The number of ether oxygens (including phenoxy) is 1. The van der Waals surface area contributed by atoms with Gasteiger partial charge in [-0.25, -0.2) is 9.97 Å². The number of pyridine rings is 1. The normalized spacial score (nSPS) is 23.3. The molecular formula is C14H20N4O. The van der Waals surface area contributed by atoms with Gasteiger partial charge in [0.05, 0.1) is 6.10 Å². The summed E-state index contributed by atoms with van der Waals surface area (Å²) in [6, 6.07) is 3.94. The van der Waals surface area contributed by atoms with E-state index in [4.69, 9.17) is 10.5 Å². The Bertz CT molecular complexity index is 592. The third kappa shape index (κ3) is 2.18. The quantitative estimate of drug-likeness (QED) is 0.918. The van der Waals surface area contributed by atoms with Crippen molar-refractivity contribution in [3.8, 4) is 0 Å². The first-order chi connectivity index (χ1) is 9.19. The van der Waals surface area contributed by atoms with Crippen LogP contribution in [-0.4, -0.2) is 27.2 Å². The Labute approximate surface area is 112 Å².